The molecule has 0 heterocycles. The number of hydrogen-bond donors (Lipinski definition) is 1. The minimum absolute atomic E-state index is 0.156. The molecule has 1 aromatic rings. The molecule has 0 spiro atoms. The van der Waals surface area contributed by atoms with E-state index in [-0.39, 0.29) is 6.10 Å². The average molecular weight is 234 g/mol. The maximum atomic E-state index is 5.93. The van der Waals surface area contributed by atoms with Crippen LogP contribution in [0.25, 0.3) is 0 Å². The third kappa shape index (κ3) is 2.84. The first-order chi connectivity index (χ1) is 8.11. The van der Waals surface area contributed by atoms with Crippen LogP contribution in [0.5, 0.6) is 5.75 Å². The summed E-state index contributed by atoms with van der Waals surface area (Å²) in [4.78, 5) is 2.42. The van der Waals surface area contributed by atoms with Gasteiger partial charge in [-0.05, 0) is 45.7 Å². The van der Waals surface area contributed by atoms with Gasteiger partial charge in [0.05, 0.1) is 11.8 Å². The summed E-state index contributed by atoms with van der Waals surface area (Å²) in [5.41, 5.74) is 7.87. The van der Waals surface area contributed by atoms with Crippen LogP contribution in [0.4, 0.5) is 11.4 Å². The van der Waals surface area contributed by atoms with Gasteiger partial charge in [-0.15, -0.1) is 0 Å². The van der Waals surface area contributed by atoms with Crippen LogP contribution in [0.3, 0.4) is 0 Å². The third-order valence-corrected chi connectivity index (χ3v) is 3.02. The summed E-state index contributed by atoms with van der Waals surface area (Å²) in [6, 6.07) is 6.81. The molecule has 2 rings (SSSR count). The van der Waals surface area contributed by atoms with Gasteiger partial charge in [-0.1, -0.05) is 0 Å². The lowest BCUT2D eigenvalue weighted by Crippen LogP contribution is -2.25. The molecular weight excluding hydrogens is 212 g/mol. The van der Waals surface area contributed by atoms with Gasteiger partial charge in [0.1, 0.15) is 5.75 Å². The first-order valence-electron chi connectivity index (χ1n) is 6.44. The summed E-state index contributed by atoms with van der Waals surface area (Å²) < 4.78 is 5.73. The van der Waals surface area contributed by atoms with Gasteiger partial charge in [0.2, 0.25) is 0 Å². The lowest BCUT2D eigenvalue weighted by atomic mass is 10.2. The van der Waals surface area contributed by atoms with Crippen molar-refractivity contribution in [3.05, 3.63) is 18.2 Å². The average Bonchev–Trinajstić information content (AvgIpc) is 3.07. The van der Waals surface area contributed by atoms with Crippen molar-refractivity contribution >= 4 is 11.4 Å². The van der Waals surface area contributed by atoms with E-state index in [2.05, 4.69) is 24.0 Å². The first kappa shape index (κ1) is 12.1. The highest BCUT2D eigenvalue weighted by Crippen LogP contribution is 2.35. The molecule has 1 fully saturated rings. The molecule has 3 nitrogen and oxygen atoms in total. The molecule has 2 N–H and O–H groups in total. The van der Waals surface area contributed by atoms with Crippen molar-refractivity contribution in [3.8, 4) is 5.75 Å². The van der Waals surface area contributed by atoms with Gasteiger partial charge >= 0.3 is 0 Å². The van der Waals surface area contributed by atoms with Crippen LogP contribution in [0, 0.1) is 0 Å². The Labute approximate surface area is 104 Å². The zero-order chi connectivity index (χ0) is 12.4. The van der Waals surface area contributed by atoms with Crippen LogP contribution in [0.1, 0.15) is 33.6 Å². The lowest BCUT2D eigenvalue weighted by molar-refractivity contribution is 0.244. The molecular formula is C14H22N2O. The van der Waals surface area contributed by atoms with E-state index in [1.54, 1.807) is 0 Å². The number of hydrogen-bond acceptors (Lipinski definition) is 3. The van der Waals surface area contributed by atoms with Crippen molar-refractivity contribution in [2.45, 2.75) is 45.8 Å². The predicted octanol–water partition coefficient (Wildman–Crippen LogP) is 3.04. The molecule has 0 bridgehead atoms. The van der Waals surface area contributed by atoms with Crippen molar-refractivity contribution in [1.29, 1.82) is 0 Å². The quantitative estimate of drug-likeness (QED) is 0.796. The first-order valence-corrected chi connectivity index (χ1v) is 6.44. The van der Waals surface area contributed by atoms with E-state index in [4.69, 9.17) is 10.5 Å². The monoisotopic (exact) mass is 234 g/mol. The normalized spacial score (nSPS) is 15.1. The maximum Gasteiger partial charge on any atom is 0.144 e. The van der Waals surface area contributed by atoms with Gasteiger partial charge in [-0.25, -0.2) is 0 Å². The second-order valence-corrected chi connectivity index (χ2v) is 4.91. The molecule has 17 heavy (non-hydrogen) atoms. The molecule has 0 radical (unpaired) electrons. The largest absolute Gasteiger partial charge is 0.489 e. The number of benzene rings is 1. The molecule has 0 aromatic heterocycles. The summed E-state index contributed by atoms with van der Waals surface area (Å²) in [6.07, 6.45) is 2.76. The van der Waals surface area contributed by atoms with Gasteiger partial charge in [-0.2, -0.15) is 0 Å². The fourth-order valence-electron chi connectivity index (χ4n) is 2.10. The van der Waals surface area contributed by atoms with Crippen molar-refractivity contribution < 1.29 is 4.74 Å². The number of rotatable bonds is 5. The second-order valence-electron chi connectivity index (χ2n) is 4.91. The zero-order valence-electron chi connectivity index (χ0n) is 10.9. The fourth-order valence-corrected chi connectivity index (χ4v) is 2.10. The highest BCUT2D eigenvalue weighted by atomic mass is 16.5. The Morgan fingerprint density at radius 3 is 2.65 bits per heavy atom. The van der Waals surface area contributed by atoms with E-state index in [1.807, 2.05) is 19.9 Å². The lowest BCUT2D eigenvalue weighted by Gasteiger charge is -2.24. The Hall–Kier alpha value is -1.38. The Kier molecular flexibility index (Phi) is 3.46. The van der Waals surface area contributed by atoms with Gasteiger partial charge < -0.3 is 15.4 Å². The van der Waals surface area contributed by atoms with Gasteiger partial charge in [-0.3, -0.25) is 0 Å². The Morgan fingerprint density at radius 1 is 1.41 bits per heavy atom. The summed E-state index contributed by atoms with van der Waals surface area (Å²) in [7, 11) is 0. The molecule has 0 aliphatic heterocycles. The molecule has 1 aliphatic rings. The van der Waals surface area contributed by atoms with Crippen LogP contribution in [0.2, 0.25) is 0 Å². The van der Waals surface area contributed by atoms with Crippen LogP contribution in [0.15, 0.2) is 18.2 Å². The number of nitrogens with two attached hydrogens (primary N) is 1. The standard InChI is InChI=1S/C14H22N2O/c1-4-16(11-5-6-11)12-7-8-13(15)14(9-12)17-10(2)3/h7-11H,4-6,15H2,1-3H3. The van der Waals surface area contributed by atoms with E-state index in [0.717, 1.165) is 18.3 Å². The Balaban J connectivity index is 2.22. The van der Waals surface area contributed by atoms with Crippen molar-refractivity contribution in [3.63, 3.8) is 0 Å². The predicted molar refractivity (Wildman–Crippen MR) is 72.7 cm³/mol. The molecule has 0 saturated heterocycles. The number of anilines is 2. The number of ether oxygens (including phenoxy) is 1. The molecule has 1 saturated carbocycles. The number of nitrogen functional groups attached to an aromatic ring is 1. The number of nitrogens with zero attached hydrogens (tertiary/aromatic N) is 1. The highest BCUT2D eigenvalue weighted by Gasteiger charge is 2.28. The Morgan fingerprint density at radius 2 is 2.12 bits per heavy atom. The van der Waals surface area contributed by atoms with Crippen LogP contribution in [-0.4, -0.2) is 18.7 Å². The minimum Gasteiger partial charge on any atom is -0.489 e. The van der Waals surface area contributed by atoms with Gasteiger partial charge in [0, 0.05) is 24.3 Å². The van der Waals surface area contributed by atoms with Gasteiger partial charge in [0.15, 0.2) is 0 Å². The van der Waals surface area contributed by atoms with E-state index >= 15 is 0 Å². The van der Waals surface area contributed by atoms with E-state index in [1.165, 1.54) is 18.5 Å². The Bertz CT molecular complexity index is 386. The van der Waals surface area contributed by atoms with Crippen LogP contribution < -0.4 is 15.4 Å². The molecule has 0 unspecified atom stereocenters. The maximum absolute atomic E-state index is 5.93. The van der Waals surface area contributed by atoms with E-state index in [9.17, 15) is 0 Å². The summed E-state index contributed by atoms with van der Waals surface area (Å²) in [5.74, 6) is 0.802. The molecule has 1 aromatic carbocycles. The summed E-state index contributed by atoms with van der Waals surface area (Å²) >= 11 is 0. The van der Waals surface area contributed by atoms with E-state index < -0.39 is 0 Å². The van der Waals surface area contributed by atoms with Gasteiger partial charge in [0.25, 0.3) is 0 Å². The molecule has 3 heteroatoms. The molecule has 94 valence electrons. The fraction of sp³-hybridized carbons (Fsp3) is 0.571. The zero-order valence-corrected chi connectivity index (χ0v) is 10.9. The van der Waals surface area contributed by atoms with Crippen LogP contribution >= 0.6 is 0 Å². The molecule has 0 amide bonds. The summed E-state index contributed by atoms with van der Waals surface area (Å²) in [6.45, 7) is 7.27. The SMILES string of the molecule is CCN(c1ccc(N)c(OC(C)C)c1)C1CC1. The third-order valence-electron chi connectivity index (χ3n) is 3.02. The smallest absolute Gasteiger partial charge is 0.144 e. The summed E-state index contributed by atoms with van der Waals surface area (Å²) in [5, 5.41) is 0. The van der Waals surface area contributed by atoms with Crippen molar-refractivity contribution in [1.82, 2.24) is 0 Å². The highest BCUT2D eigenvalue weighted by molar-refractivity contribution is 5.63. The van der Waals surface area contributed by atoms with Crippen LogP contribution in [-0.2, 0) is 0 Å². The minimum atomic E-state index is 0.156. The van der Waals surface area contributed by atoms with E-state index in [0.29, 0.717) is 5.69 Å². The molecule has 0 atom stereocenters. The molecule has 1 aliphatic carbocycles. The van der Waals surface area contributed by atoms with Crippen molar-refractivity contribution in [2.75, 3.05) is 17.2 Å². The van der Waals surface area contributed by atoms with Crippen molar-refractivity contribution in [2.24, 2.45) is 0 Å². The topological polar surface area (TPSA) is 38.5 Å². The second kappa shape index (κ2) is 4.86.